The van der Waals surface area contributed by atoms with E-state index in [4.69, 9.17) is 5.73 Å². The number of hydrogen-bond donors (Lipinski definition) is 1. The van der Waals surface area contributed by atoms with E-state index in [1.54, 1.807) is 6.20 Å². The average molecular weight is 233 g/mol. The van der Waals surface area contributed by atoms with Crippen LogP contribution < -0.4 is 5.73 Å². The predicted octanol–water partition coefficient (Wildman–Crippen LogP) is 4.57. The Morgan fingerprint density at radius 2 is 1.94 bits per heavy atom. The Hall–Kier alpha value is -0.980. The molecule has 0 saturated heterocycles. The summed E-state index contributed by atoms with van der Waals surface area (Å²) in [6.45, 7) is 13.5. The van der Waals surface area contributed by atoms with E-state index in [9.17, 15) is 0 Å². The first-order valence-corrected chi connectivity index (χ1v) is 6.64. The first kappa shape index (κ1) is 14.1. The van der Waals surface area contributed by atoms with Gasteiger partial charge in [0.1, 0.15) is 0 Å². The predicted molar refractivity (Wildman–Crippen MR) is 76.6 cm³/mol. The third-order valence-corrected chi connectivity index (χ3v) is 3.92. The maximum absolute atomic E-state index is 5.72. The van der Waals surface area contributed by atoms with Gasteiger partial charge in [-0.15, -0.1) is 0 Å². The van der Waals surface area contributed by atoms with Gasteiger partial charge in [-0.3, -0.25) is 0 Å². The molecule has 1 heteroatoms. The van der Waals surface area contributed by atoms with E-state index in [0.29, 0.717) is 11.3 Å². The fourth-order valence-corrected chi connectivity index (χ4v) is 3.09. The first-order chi connectivity index (χ1) is 7.85. The Kier molecular flexibility index (Phi) is 4.24. The Morgan fingerprint density at radius 3 is 2.35 bits per heavy atom. The second-order valence-corrected chi connectivity index (χ2v) is 5.98. The third kappa shape index (κ3) is 2.65. The molecule has 1 fully saturated rings. The molecule has 0 spiro atoms. The monoisotopic (exact) mass is 233 g/mol. The molecule has 0 heterocycles. The molecule has 0 atom stereocenters. The van der Waals surface area contributed by atoms with Crippen LogP contribution in [0.4, 0.5) is 0 Å². The van der Waals surface area contributed by atoms with Crippen molar-refractivity contribution in [1.29, 1.82) is 0 Å². The van der Waals surface area contributed by atoms with Gasteiger partial charge in [-0.25, -0.2) is 0 Å². The van der Waals surface area contributed by atoms with Crippen LogP contribution in [0.2, 0.25) is 0 Å². The smallest absolute Gasteiger partial charge is 0.00296 e. The molecule has 0 aromatic rings. The standard InChI is InChI=1S/C16H27N/c1-7-14-13(8-9-16(14,5)6)15(11(2)3)12(4)10-17/h7,10-11H,8-9,17H2,1-6H3/b12-10-,14-7+,15-13-. The molecular formula is C16H27N. The lowest BCUT2D eigenvalue weighted by atomic mass is 9.82. The van der Waals surface area contributed by atoms with Crippen molar-refractivity contribution in [3.8, 4) is 0 Å². The molecule has 0 bridgehead atoms. The topological polar surface area (TPSA) is 26.0 Å². The summed E-state index contributed by atoms with van der Waals surface area (Å²) in [5.41, 5.74) is 11.8. The highest BCUT2D eigenvalue weighted by atomic mass is 14.5. The van der Waals surface area contributed by atoms with Crippen molar-refractivity contribution < 1.29 is 0 Å². The maximum atomic E-state index is 5.72. The first-order valence-electron chi connectivity index (χ1n) is 6.64. The van der Waals surface area contributed by atoms with Crippen molar-refractivity contribution in [1.82, 2.24) is 0 Å². The normalized spacial score (nSPS) is 25.8. The highest BCUT2D eigenvalue weighted by Crippen LogP contribution is 2.48. The number of hydrogen-bond acceptors (Lipinski definition) is 1. The van der Waals surface area contributed by atoms with Crippen molar-refractivity contribution in [2.24, 2.45) is 17.1 Å². The highest BCUT2D eigenvalue weighted by Gasteiger charge is 2.34. The van der Waals surface area contributed by atoms with Crippen LogP contribution >= 0.6 is 0 Å². The van der Waals surface area contributed by atoms with Crippen LogP contribution in [-0.4, -0.2) is 0 Å². The molecule has 96 valence electrons. The van der Waals surface area contributed by atoms with Crippen molar-refractivity contribution in [2.45, 2.75) is 54.4 Å². The Labute approximate surface area is 106 Å². The van der Waals surface area contributed by atoms with Crippen molar-refractivity contribution in [3.05, 3.63) is 34.6 Å². The molecule has 1 aliphatic carbocycles. The fourth-order valence-electron chi connectivity index (χ4n) is 3.09. The minimum Gasteiger partial charge on any atom is -0.404 e. The summed E-state index contributed by atoms with van der Waals surface area (Å²) in [5.74, 6) is 0.536. The van der Waals surface area contributed by atoms with E-state index in [-0.39, 0.29) is 0 Å². The van der Waals surface area contributed by atoms with Crippen molar-refractivity contribution >= 4 is 0 Å². The Bertz CT molecular complexity index is 378. The lowest BCUT2D eigenvalue weighted by Crippen LogP contribution is -2.09. The van der Waals surface area contributed by atoms with Gasteiger partial charge in [-0.2, -0.15) is 0 Å². The van der Waals surface area contributed by atoms with E-state index in [0.717, 1.165) is 0 Å². The zero-order chi connectivity index (χ0) is 13.2. The van der Waals surface area contributed by atoms with Crippen LogP contribution in [0, 0.1) is 11.3 Å². The molecule has 17 heavy (non-hydrogen) atoms. The lowest BCUT2D eigenvalue weighted by molar-refractivity contribution is 0.461. The molecule has 0 aromatic carbocycles. The SMILES string of the molecule is C\C=C1/C(=C(\C(C)=C/N)C(C)C)CCC1(C)C. The number of nitrogens with two attached hydrogens (primary N) is 1. The maximum Gasteiger partial charge on any atom is -0.00296 e. The van der Waals surface area contributed by atoms with Crippen LogP contribution in [0.1, 0.15) is 54.4 Å². The Balaban J connectivity index is 3.37. The van der Waals surface area contributed by atoms with Crippen molar-refractivity contribution in [3.63, 3.8) is 0 Å². The number of allylic oxidation sites excluding steroid dienone is 5. The summed E-state index contributed by atoms with van der Waals surface area (Å²) in [7, 11) is 0. The third-order valence-electron chi connectivity index (χ3n) is 3.92. The Morgan fingerprint density at radius 1 is 1.35 bits per heavy atom. The molecule has 2 N–H and O–H groups in total. The van der Waals surface area contributed by atoms with Gasteiger partial charge < -0.3 is 5.73 Å². The molecule has 1 saturated carbocycles. The number of rotatable bonds is 2. The molecule has 0 unspecified atom stereocenters. The summed E-state index contributed by atoms with van der Waals surface area (Å²) in [6, 6.07) is 0. The minimum absolute atomic E-state index is 0.319. The second kappa shape index (κ2) is 5.12. The summed E-state index contributed by atoms with van der Waals surface area (Å²) in [4.78, 5) is 0. The van der Waals surface area contributed by atoms with E-state index in [2.05, 4.69) is 47.6 Å². The van der Waals surface area contributed by atoms with Gasteiger partial charge in [-0.05, 0) is 66.5 Å². The zero-order valence-electron chi connectivity index (χ0n) is 12.2. The molecule has 1 nitrogen and oxygen atoms in total. The summed E-state index contributed by atoms with van der Waals surface area (Å²) in [5, 5.41) is 0. The molecule has 1 aliphatic rings. The van der Waals surface area contributed by atoms with Crippen LogP contribution in [0.5, 0.6) is 0 Å². The highest BCUT2D eigenvalue weighted by molar-refractivity contribution is 5.49. The van der Waals surface area contributed by atoms with Crippen LogP contribution in [0.25, 0.3) is 0 Å². The second-order valence-electron chi connectivity index (χ2n) is 5.98. The van der Waals surface area contributed by atoms with Crippen LogP contribution in [0.3, 0.4) is 0 Å². The zero-order valence-corrected chi connectivity index (χ0v) is 12.2. The van der Waals surface area contributed by atoms with Gasteiger partial charge in [0, 0.05) is 0 Å². The quantitative estimate of drug-likeness (QED) is 0.743. The van der Waals surface area contributed by atoms with Crippen LogP contribution in [-0.2, 0) is 0 Å². The van der Waals surface area contributed by atoms with Crippen molar-refractivity contribution in [2.75, 3.05) is 0 Å². The summed E-state index contributed by atoms with van der Waals surface area (Å²) < 4.78 is 0. The molecular weight excluding hydrogens is 206 g/mol. The minimum atomic E-state index is 0.319. The molecule has 1 rings (SSSR count). The van der Waals surface area contributed by atoms with E-state index >= 15 is 0 Å². The summed E-state index contributed by atoms with van der Waals surface area (Å²) >= 11 is 0. The average Bonchev–Trinajstić information content (AvgIpc) is 2.53. The van der Waals surface area contributed by atoms with Gasteiger partial charge in [0.25, 0.3) is 0 Å². The van der Waals surface area contributed by atoms with E-state index in [1.807, 2.05) is 0 Å². The van der Waals surface area contributed by atoms with Gasteiger partial charge in [0.15, 0.2) is 0 Å². The molecule has 0 aliphatic heterocycles. The molecule has 0 amide bonds. The van der Waals surface area contributed by atoms with E-state index in [1.165, 1.54) is 35.1 Å². The molecule has 0 radical (unpaired) electrons. The molecule has 0 aromatic heterocycles. The van der Waals surface area contributed by atoms with Gasteiger partial charge in [0.05, 0.1) is 0 Å². The lowest BCUT2D eigenvalue weighted by Gasteiger charge is -2.22. The largest absolute Gasteiger partial charge is 0.404 e. The van der Waals surface area contributed by atoms with Gasteiger partial charge in [-0.1, -0.05) is 33.8 Å². The van der Waals surface area contributed by atoms with Crippen LogP contribution in [0.15, 0.2) is 34.6 Å². The van der Waals surface area contributed by atoms with E-state index < -0.39 is 0 Å². The fraction of sp³-hybridized carbons (Fsp3) is 0.625. The van der Waals surface area contributed by atoms with Gasteiger partial charge in [0.2, 0.25) is 0 Å². The van der Waals surface area contributed by atoms with Gasteiger partial charge >= 0.3 is 0 Å². The summed E-state index contributed by atoms with van der Waals surface area (Å²) in [6.07, 6.45) is 6.47.